The van der Waals surface area contributed by atoms with Crippen LogP contribution in [-0.4, -0.2) is 32.2 Å². The van der Waals surface area contributed by atoms with Crippen molar-refractivity contribution >= 4 is 5.91 Å². The normalized spacial score (nSPS) is 18.6. The van der Waals surface area contributed by atoms with Crippen LogP contribution in [0.25, 0.3) is 0 Å². The number of hydrogen-bond donors (Lipinski definition) is 2. The van der Waals surface area contributed by atoms with Crippen LogP contribution >= 0.6 is 0 Å². The zero-order chi connectivity index (χ0) is 13.2. The van der Waals surface area contributed by atoms with E-state index in [1.54, 1.807) is 7.11 Å². The highest BCUT2D eigenvalue weighted by Crippen LogP contribution is 2.26. The van der Waals surface area contributed by atoms with E-state index in [9.17, 15) is 4.79 Å². The average Bonchev–Trinajstić information content (AvgIpc) is 2.42. The third-order valence-electron chi connectivity index (χ3n) is 3.85. The molecule has 0 heterocycles. The Morgan fingerprint density at radius 3 is 2.72 bits per heavy atom. The molecule has 1 rings (SSSR count). The van der Waals surface area contributed by atoms with Crippen LogP contribution in [0.4, 0.5) is 0 Å². The van der Waals surface area contributed by atoms with E-state index in [1.807, 2.05) is 0 Å². The lowest BCUT2D eigenvalue weighted by molar-refractivity contribution is -0.123. The number of nitrogens with one attached hydrogen (secondary N) is 1. The minimum absolute atomic E-state index is 0.0518. The fourth-order valence-electron chi connectivity index (χ4n) is 2.64. The minimum Gasteiger partial charge on any atom is -0.380 e. The second-order valence-electron chi connectivity index (χ2n) is 5.29. The number of carbonyl (C=O) groups excluding carboxylic acids is 1. The number of rotatable bonds is 8. The molecule has 0 bridgehead atoms. The molecule has 0 saturated heterocycles. The molecule has 0 aromatic heterocycles. The van der Waals surface area contributed by atoms with Crippen LogP contribution in [0.1, 0.15) is 51.4 Å². The van der Waals surface area contributed by atoms with Gasteiger partial charge in [-0.1, -0.05) is 32.1 Å². The van der Waals surface area contributed by atoms with Crippen molar-refractivity contribution in [1.82, 2.24) is 5.32 Å². The zero-order valence-electron chi connectivity index (χ0n) is 11.6. The van der Waals surface area contributed by atoms with E-state index in [0.717, 1.165) is 18.9 Å². The summed E-state index contributed by atoms with van der Waals surface area (Å²) < 4.78 is 5.09. The van der Waals surface area contributed by atoms with Gasteiger partial charge in [0.25, 0.3) is 0 Å². The maximum Gasteiger partial charge on any atom is 0.222 e. The maximum absolute atomic E-state index is 11.6. The zero-order valence-corrected chi connectivity index (χ0v) is 11.6. The second-order valence-corrected chi connectivity index (χ2v) is 5.29. The summed E-state index contributed by atoms with van der Waals surface area (Å²) in [5.41, 5.74) is 5.48. The van der Waals surface area contributed by atoms with Crippen LogP contribution in [0.2, 0.25) is 0 Å². The molecule has 0 spiro atoms. The number of hydrogen-bond acceptors (Lipinski definition) is 3. The molecule has 0 aliphatic heterocycles. The van der Waals surface area contributed by atoms with Gasteiger partial charge in [-0.25, -0.2) is 0 Å². The topological polar surface area (TPSA) is 64.3 Å². The van der Waals surface area contributed by atoms with E-state index in [1.165, 1.54) is 38.5 Å². The highest BCUT2D eigenvalue weighted by molar-refractivity contribution is 5.76. The smallest absolute Gasteiger partial charge is 0.222 e. The number of carbonyl (C=O) groups is 1. The van der Waals surface area contributed by atoms with E-state index < -0.39 is 0 Å². The SMILES string of the molecule is COC(CN)CC(=O)NCCCC1CCCCC1. The van der Waals surface area contributed by atoms with Gasteiger partial charge in [-0.3, -0.25) is 4.79 Å². The highest BCUT2D eigenvalue weighted by Gasteiger charge is 2.13. The number of amides is 1. The minimum atomic E-state index is -0.150. The fourth-order valence-corrected chi connectivity index (χ4v) is 2.64. The lowest BCUT2D eigenvalue weighted by atomic mass is 9.86. The van der Waals surface area contributed by atoms with Gasteiger partial charge in [0.1, 0.15) is 0 Å². The standard InChI is InChI=1S/C14H28N2O2/c1-18-13(11-15)10-14(17)16-9-5-8-12-6-3-2-4-7-12/h12-13H,2-11,15H2,1H3,(H,16,17). The lowest BCUT2D eigenvalue weighted by Gasteiger charge is -2.21. The first kappa shape index (κ1) is 15.4. The molecule has 1 fully saturated rings. The number of methoxy groups -OCH3 is 1. The van der Waals surface area contributed by atoms with Crippen molar-refractivity contribution in [2.24, 2.45) is 11.7 Å². The molecule has 18 heavy (non-hydrogen) atoms. The predicted octanol–water partition coefficient (Wildman–Crippen LogP) is 1.83. The van der Waals surface area contributed by atoms with Crippen LogP contribution in [0.5, 0.6) is 0 Å². The summed E-state index contributed by atoms with van der Waals surface area (Å²) in [7, 11) is 1.59. The quantitative estimate of drug-likeness (QED) is 0.651. The van der Waals surface area contributed by atoms with Crippen LogP contribution < -0.4 is 11.1 Å². The summed E-state index contributed by atoms with van der Waals surface area (Å²) in [6.45, 7) is 1.18. The van der Waals surface area contributed by atoms with Crippen LogP contribution in [0.3, 0.4) is 0 Å². The maximum atomic E-state index is 11.6. The van der Waals surface area contributed by atoms with Gasteiger partial charge in [-0.15, -0.1) is 0 Å². The van der Waals surface area contributed by atoms with Gasteiger partial charge >= 0.3 is 0 Å². The van der Waals surface area contributed by atoms with Crippen molar-refractivity contribution in [2.45, 2.75) is 57.5 Å². The van der Waals surface area contributed by atoms with Crippen molar-refractivity contribution in [2.75, 3.05) is 20.2 Å². The molecule has 4 nitrogen and oxygen atoms in total. The van der Waals surface area contributed by atoms with Crippen LogP contribution in [-0.2, 0) is 9.53 Å². The van der Waals surface area contributed by atoms with Gasteiger partial charge < -0.3 is 15.8 Å². The first-order chi connectivity index (χ1) is 8.76. The van der Waals surface area contributed by atoms with E-state index >= 15 is 0 Å². The van der Waals surface area contributed by atoms with Crippen LogP contribution in [0.15, 0.2) is 0 Å². The van der Waals surface area contributed by atoms with Gasteiger partial charge in [-0.2, -0.15) is 0 Å². The summed E-state index contributed by atoms with van der Waals surface area (Å²) in [5.74, 6) is 0.947. The molecule has 1 saturated carbocycles. The number of ether oxygens (including phenoxy) is 1. The van der Waals surface area contributed by atoms with Gasteiger partial charge in [0, 0.05) is 20.2 Å². The molecule has 3 N–H and O–H groups in total. The Morgan fingerprint density at radius 1 is 1.39 bits per heavy atom. The molecule has 1 atom stereocenters. The Hall–Kier alpha value is -0.610. The van der Waals surface area contributed by atoms with E-state index in [0.29, 0.717) is 13.0 Å². The Bertz CT molecular complexity index is 224. The van der Waals surface area contributed by atoms with Crippen molar-refractivity contribution in [3.05, 3.63) is 0 Å². The van der Waals surface area contributed by atoms with E-state index in [2.05, 4.69) is 5.32 Å². The molecule has 1 amide bonds. The predicted molar refractivity (Wildman–Crippen MR) is 73.3 cm³/mol. The van der Waals surface area contributed by atoms with Crippen molar-refractivity contribution in [3.63, 3.8) is 0 Å². The Kier molecular flexibility index (Phi) is 8.01. The van der Waals surface area contributed by atoms with E-state index in [4.69, 9.17) is 10.5 Å². The van der Waals surface area contributed by atoms with E-state index in [-0.39, 0.29) is 12.0 Å². The molecule has 0 radical (unpaired) electrons. The van der Waals surface area contributed by atoms with Gasteiger partial charge in [0.2, 0.25) is 5.91 Å². The molecule has 1 aliphatic rings. The largest absolute Gasteiger partial charge is 0.380 e. The molecule has 1 unspecified atom stereocenters. The average molecular weight is 256 g/mol. The molecular formula is C14H28N2O2. The van der Waals surface area contributed by atoms with Crippen molar-refractivity contribution in [3.8, 4) is 0 Å². The fraction of sp³-hybridized carbons (Fsp3) is 0.929. The molecule has 0 aromatic carbocycles. The Morgan fingerprint density at radius 2 is 2.11 bits per heavy atom. The highest BCUT2D eigenvalue weighted by atomic mass is 16.5. The van der Waals surface area contributed by atoms with Crippen molar-refractivity contribution in [1.29, 1.82) is 0 Å². The van der Waals surface area contributed by atoms with Crippen molar-refractivity contribution < 1.29 is 9.53 Å². The van der Waals surface area contributed by atoms with Crippen LogP contribution in [0, 0.1) is 5.92 Å². The molecular weight excluding hydrogens is 228 g/mol. The molecule has 4 heteroatoms. The van der Waals surface area contributed by atoms with Gasteiger partial charge in [0.05, 0.1) is 12.5 Å². The summed E-state index contributed by atoms with van der Waals surface area (Å²) in [4.78, 5) is 11.6. The summed E-state index contributed by atoms with van der Waals surface area (Å²) >= 11 is 0. The molecule has 106 valence electrons. The van der Waals surface area contributed by atoms with Gasteiger partial charge in [0.15, 0.2) is 0 Å². The molecule has 1 aliphatic carbocycles. The number of nitrogens with two attached hydrogens (primary N) is 1. The first-order valence-corrected chi connectivity index (χ1v) is 7.25. The lowest BCUT2D eigenvalue weighted by Crippen LogP contribution is -2.32. The third-order valence-corrected chi connectivity index (χ3v) is 3.85. The molecule has 0 aromatic rings. The Balaban J connectivity index is 2.01. The first-order valence-electron chi connectivity index (χ1n) is 7.25. The summed E-state index contributed by atoms with van der Waals surface area (Å²) in [6, 6.07) is 0. The third kappa shape index (κ3) is 6.36. The summed E-state index contributed by atoms with van der Waals surface area (Å²) in [6.07, 6.45) is 9.53. The van der Waals surface area contributed by atoms with Gasteiger partial charge in [-0.05, 0) is 18.8 Å². The summed E-state index contributed by atoms with van der Waals surface area (Å²) in [5, 5.41) is 2.95. The second kappa shape index (κ2) is 9.34. The monoisotopic (exact) mass is 256 g/mol. The Labute approximate surface area is 111 Å².